The average Bonchev–Trinajstić information content (AvgIpc) is 3.36. The van der Waals surface area contributed by atoms with E-state index in [9.17, 15) is 19.5 Å². The number of aliphatic hydroxyl groups is 1. The van der Waals surface area contributed by atoms with Crippen LogP contribution in [0.15, 0.2) is 60.9 Å². The Morgan fingerprint density at radius 2 is 1.22 bits per heavy atom. The van der Waals surface area contributed by atoms with Crippen LogP contribution in [0, 0.1) is 0 Å². The lowest BCUT2D eigenvalue weighted by Crippen LogP contribution is -2.26. The summed E-state index contributed by atoms with van der Waals surface area (Å²) in [5.74, 6) is 0. The number of benzene rings is 2. The molecule has 0 aliphatic heterocycles. The molecule has 4 rings (SSSR count). The van der Waals surface area contributed by atoms with Gasteiger partial charge >= 0.3 is 12.2 Å². The van der Waals surface area contributed by atoms with Crippen LogP contribution < -0.4 is 0 Å². The summed E-state index contributed by atoms with van der Waals surface area (Å²) < 4.78 is 13.4. The first-order valence-electron chi connectivity index (χ1n) is 11.6. The standard InChI is InChI=1S/C14H17NO3.C14H15NO3/c2*1-14(2,3)18-13(17)15-8-10(9-16)11-6-4-5-7-12(11)15/h4-8,16H,9H2,1-3H3;4-9H,1-3H3. The maximum atomic E-state index is 12.1. The van der Waals surface area contributed by atoms with Gasteiger partial charge in [-0.25, -0.2) is 9.59 Å². The molecule has 0 saturated heterocycles. The van der Waals surface area contributed by atoms with Gasteiger partial charge in [0.1, 0.15) is 11.2 Å². The number of hydrogen-bond donors (Lipinski definition) is 1. The Bertz CT molecular complexity index is 1400. The zero-order valence-electron chi connectivity index (χ0n) is 21.4. The van der Waals surface area contributed by atoms with Crippen LogP contribution in [-0.2, 0) is 16.1 Å². The van der Waals surface area contributed by atoms with Crippen LogP contribution >= 0.6 is 0 Å². The molecule has 8 heteroatoms. The van der Waals surface area contributed by atoms with Crippen LogP contribution in [0.4, 0.5) is 9.59 Å². The van der Waals surface area contributed by atoms with Crippen LogP contribution in [0.1, 0.15) is 57.5 Å². The van der Waals surface area contributed by atoms with E-state index in [2.05, 4.69) is 0 Å². The summed E-state index contributed by atoms with van der Waals surface area (Å²) in [7, 11) is 0. The van der Waals surface area contributed by atoms with Crippen molar-refractivity contribution in [1.82, 2.24) is 9.13 Å². The summed E-state index contributed by atoms with van der Waals surface area (Å²) in [6.45, 7) is 10.8. The first kappa shape index (κ1) is 26.7. The SMILES string of the molecule is CC(C)(C)OC(=O)n1cc(C=O)c2ccccc21.CC(C)(C)OC(=O)n1cc(CO)c2ccccc21. The number of ether oxygens (including phenoxy) is 2. The number of rotatable bonds is 2. The predicted octanol–water partition coefficient (Wildman–Crippen LogP) is 6.15. The van der Waals surface area contributed by atoms with Gasteiger partial charge in [0.25, 0.3) is 0 Å². The van der Waals surface area contributed by atoms with Gasteiger partial charge in [0.15, 0.2) is 6.29 Å². The first-order chi connectivity index (χ1) is 16.8. The average molecular weight is 493 g/mol. The van der Waals surface area contributed by atoms with Crippen molar-refractivity contribution in [2.45, 2.75) is 59.4 Å². The van der Waals surface area contributed by atoms with Crippen LogP contribution in [0.25, 0.3) is 21.8 Å². The Labute approximate surface area is 210 Å². The molecule has 2 heterocycles. The topological polar surface area (TPSA) is 99.8 Å². The highest BCUT2D eigenvalue weighted by molar-refractivity contribution is 6.01. The normalized spacial score (nSPS) is 11.6. The van der Waals surface area contributed by atoms with Gasteiger partial charge in [0, 0.05) is 34.3 Å². The minimum atomic E-state index is -0.566. The van der Waals surface area contributed by atoms with Crippen LogP contribution in [0.2, 0.25) is 0 Å². The number of fused-ring (bicyclic) bond motifs is 2. The number of nitrogens with zero attached hydrogens (tertiary/aromatic N) is 2. The first-order valence-corrected chi connectivity index (χ1v) is 11.6. The highest BCUT2D eigenvalue weighted by Crippen LogP contribution is 2.23. The van der Waals surface area contributed by atoms with Crippen molar-refractivity contribution in [1.29, 1.82) is 0 Å². The maximum Gasteiger partial charge on any atom is 0.419 e. The summed E-state index contributed by atoms with van der Waals surface area (Å²) in [6, 6.07) is 14.7. The predicted molar refractivity (Wildman–Crippen MR) is 138 cm³/mol. The van der Waals surface area contributed by atoms with Crippen molar-refractivity contribution in [3.63, 3.8) is 0 Å². The third kappa shape index (κ3) is 6.20. The lowest BCUT2D eigenvalue weighted by atomic mass is 10.2. The van der Waals surface area contributed by atoms with E-state index in [1.54, 1.807) is 39.1 Å². The van der Waals surface area contributed by atoms with Gasteiger partial charge in [-0.05, 0) is 53.7 Å². The van der Waals surface area contributed by atoms with Crippen molar-refractivity contribution in [3.8, 4) is 0 Å². The van der Waals surface area contributed by atoms with E-state index in [0.29, 0.717) is 11.1 Å². The number of aldehydes is 1. The Hall–Kier alpha value is -3.91. The van der Waals surface area contributed by atoms with Crippen molar-refractivity contribution in [2.75, 3.05) is 0 Å². The number of carbonyl (C=O) groups is 3. The lowest BCUT2D eigenvalue weighted by molar-refractivity contribution is 0.0532. The van der Waals surface area contributed by atoms with Crippen LogP contribution in [-0.4, -0.2) is 43.9 Å². The minimum Gasteiger partial charge on any atom is -0.443 e. The molecular weight excluding hydrogens is 460 g/mol. The molecule has 36 heavy (non-hydrogen) atoms. The Morgan fingerprint density at radius 3 is 1.69 bits per heavy atom. The number of hydrogen-bond acceptors (Lipinski definition) is 6. The highest BCUT2D eigenvalue weighted by Gasteiger charge is 2.21. The van der Waals surface area contributed by atoms with Gasteiger partial charge in [0.05, 0.1) is 17.6 Å². The molecule has 0 radical (unpaired) electrons. The van der Waals surface area contributed by atoms with E-state index in [-0.39, 0.29) is 6.61 Å². The smallest absolute Gasteiger partial charge is 0.419 e. The van der Waals surface area contributed by atoms with Gasteiger partial charge in [-0.15, -0.1) is 0 Å². The van der Waals surface area contributed by atoms with Crippen molar-refractivity contribution in [3.05, 3.63) is 72.1 Å². The Balaban J connectivity index is 0.000000201. The van der Waals surface area contributed by atoms with Crippen LogP contribution in [0.5, 0.6) is 0 Å². The summed E-state index contributed by atoms with van der Waals surface area (Å²) >= 11 is 0. The van der Waals surface area contributed by atoms with E-state index < -0.39 is 23.4 Å². The molecule has 1 N–H and O–H groups in total. The molecule has 0 bridgehead atoms. The zero-order valence-corrected chi connectivity index (χ0v) is 21.4. The molecule has 0 amide bonds. The zero-order chi connectivity index (χ0) is 26.7. The van der Waals surface area contributed by atoms with E-state index in [0.717, 1.165) is 28.1 Å². The quantitative estimate of drug-likeness (QED) is 0.337. The number of para-hydroxylation sites is 2. The highest BCUT2D eigenvalue weighted by atomic mass is 16.6. The van der Waals surface area contributed by atoms with E-state index in [1.165, 1.54) is 15.3 Å². The van der Waals surface area contributed by atoms with Gasteiger partial charge in [0.2, 0.25) is 0 Å². The number of aromatic nitrogens is 2. The van der Waals surface area contributed by atoms with Gasteiger partial charge in [-0.3, -0.25) is 13.9 Å². The second kappa shape index (κ2) is 10.4. The van der Waals surface area contributed by atoms with Crippen molar-refractivity contribution in [2.24, 2.45) is 0 Å². The molecule has 0 spiro atoms. The molecule has 4 aromatic rings. The fraction of sp³-hybridized carbons (Fsp3) is 0.321. The summed E-state index contributed by atoms with van der Waals surface area (Å²) in [4.78, 5) is 35.1. The molecule has 0 aliphatic rings. The maximum absolute atomic E-state index is 12.1. The molecule has 2 aromatic heterocycles. The van der Waals surface area contributed by atoms with E-state index >= 15 is 0 Å². The summed E-state index contributed by atoms with van der Waals surface area (Å²) in [5.41, 5.74) is 1.52. The second-order valence-electron chi connectivity index (χ2n) is 10.2. The fourth-order valence-corrected chi connectivity index (χ4v) is 3.60. The molecule has 0 saturated carbocycles. The molecule has 0 unspecified atom stereocenters. The third-order valence-corrected chi connectivity index (χ3v) is 5.01. The van der Waals surface area contributed by atoms with Gasteiger partial charge < -0.3 is 14.6 Å². The molecule has 8 nitrogen and oxygen atoms in total. The Kier molecular flexibility index (Phi) is 7.69. The third-order valence-electron chi connectivity index (χ3n) is 5.01. The molecule has 0 atom stereocenters. The van der Waals surface area contributed by atoms with Crippen LogP contribution in [0.3, 0.4) is 0 Å². The molecule has 190 valence electrons. The van der Waals surface area contributed by atoms with Gasteiger partial charge in [-0.1, -0.05) is 36.4 Å². The molecular formula is C28H32N2O6. The molecule has 0 aliphatic carbocycles. The van der Waals surface area contributed by atoms with Gasteiger partial charge in [-0.2, -0.15) is 0 Å². The second-order valence-corrected chi connectivity index (χ2v) is 10.2. The van der Waals surface area contributed by atoms with E-state index in [4.69, 9.17) is 9.47 Å². The number of aliphatic hydroxyl groups excluding tert-OH is 1. The largest absolute Gasteiger partial charge is 0.443 e. The molecule has 0 fully saturated rings. The lowest BCUT2D eigenvalue weighted by Gasteiger charge is -2.19. The van der Waals surface area contributed by atoms with E-state index in [1.807, 2.05) is 57.2 Å². The summed E-state index contributed by atoms with van der Waals surface area (Å²) in [5, 5.41) is 10.9. The molecule has 2 aromatic carbocycles. The fourth-order valence-electron chi connectivity index (χ4n) is 3.60. The summed E-state index contributed by atoms with van der Waals surface area (Å²) in [6.07, 6.45) is 2.96. The minimum absolute atomic E-state index is 0.101. The van der Waals surface area contributed by atoms with Crippen molar-refractivity contribution < 1.29 is 29.0 Å². The van der Waals surface area contributed by atoms with Crippen molar-refractivity contribution >= 4 is 40.3 Å². The monoisotopic (exact) mass is 492 g/mol. The Morgan fingerprint density at radius 1 is 0.778 bits per heavy atom. The number of carbonyl (C=O) groups excluding carboxylic acids is 3.